The normalized spacial score (nSPS) is 17.1. The monoisotopic (exact) mass is 201 g/mol. The molecule has 0 fully saturated rings. The third-order valence-electron chi connectivity index (χ3n) is 2.55. The molecule has 0 heterocycles. The van der Waals surface area contributed by atoms with Gasteiger partial charge in [-0.15, -0.1) is 0 Å². The minimum Gasteiger partial charge on any atom is -0.480 e. The Kier molecular flexibility index (Phi) is 4.60. The Bertz CT molecular complexity index is 211. The third-order valence-corrected chi connectivity index (χ3v) is 2.55. The largest absolute Gasteiger partial charge is 0.480 e. The maximum absolute atomic E-state index is 11.0. The molecule has 3 N–H and O–H groups in total. The fraction of sp³-hybridized carbons (Fsp3) is 0.800. The average Bonchev–Trinajstić information content (AvgIpc) is 2.03. The van der Waals surface area contributed by atoms with E-state index in [1.165, 1.54) is 6.92 Å². The molecule has 1 amide bonds. The van der Waals surface area contributed by atoms with Crippen LogP contribution in [0, 0.1) is 11.3 Å². The number of carbonyl (C=O) groups is 2. The number of rotatable bonds is 6. The molecule has 14 heavy (non-hydrogen) atoms. The van der Waals surface area contributed by atoms with E-state index in [0.29, 0.717) is 6.42 Å². The molecule has 0 rings (SSSR count). The summed E-state index contributed by atoms with van der Waals surface area (Å²) in [5.74, 6) is -1.69. The molecule has 0 aliphatic rings. The van der Waals surface area contributed by atoms with Crippen molar-refractivity contribution < 1.29 is 14.7 Å². The molecule has 4 nitrogen and oxygen atoms in total. The van der Waals surface area contributed by atoms with Crippen LogP contribution in [0.4, 0.5) is 0 Å². The van der Waals surface area contributed by atoms with E-state index in [0.717, 1.165) is 12.8 Å². The number of hydrogen-bond donors (Lipinski definition) is 2. The highest BCUT2D eigenvalue weighted by atomic mass is 16.4. The Morgan fingerprint density at radius 1 is 1.50 bits per heavy atom. The number of aliphatic carboxylic acids is 1. The lowest BCUT2D eigenvalue weighted by molar-refractivity contribution is -0.154. The molecule has 0 saturated carbocycles. The van der Waals surface area contributed by atoms with Gasteiger partial charge < -0.3 is 10.8 Å². The quantitative estimate of drug-likeness (QED) is 0.637. The molecule has 2 unspecified atom stereocenters. The number of hydrogen-bond acceptors (Lipinski definition) is 2. The summed E-state index contributed by atoms with van der Waals surface area (Å²) in [4.78, 5) is 21.9. The van der Waals surface area contributed by atoms with Gasteiger partial charge in [-0.1, -0.05) is 26.7 Å². The van der Waals surface area contributed by atoms with E-state index in [1.54, 1.807) is 0 Å². The Hall–Kier alpha value is -1.06. The third kappa shape index (κ3) is 3.01. The molecule has 0 radical (unpaired) electrons. The van der Waals surface area contributed by atoms with Crippen molar-refractivity contribution in [1.82, 2.24) is 0 Å². The standard InChI is InChI=1S/C10H19NO3/c1-4-5-7(2)6-10(3,8(11)12)9(13)14/h7H,4-6H2,1-3H3,(H2,11,12)(H,13,14). The van der Waals surface area contributed by atoms with E-state index in [4.69, 9.17) is 10.8 Å². The molecule has 0 aromatic heterocycles. The van der Waals surface area contributed by atoms with Crippen molar-refractivity contribution in [1.29, 1.82) is 0 Å². The first kappa shape index (κ1) is 12.9. The molecule has 0 spiro atoms. The van der Waals surface area contributed by atoms with Gasteiger partial charge in [0.25, 0.3) is 0 Å². The van der Waals surface area contributed by atoms with Crippen molar-refractivity contribution in [2.75, 3.05) is 0 Å². The van der Waals surface area contributed by atoms with Crippen molar-refractivity contribution in [2.24, 2.45) is 17.1 Å². The van der Waals surface area contributed by atoms with Crippen molar-refractivity contribution >= 4 is 11.9 Å². The fourth-order valence-corrected chi connectivity index (χ4v) is 1.59. The number of nitrogens with two attached hydrogens (primary N) is 1. The first-order valence-electron chi connectivity index (χ1n) is 4.88. The van der Waals surface area contributed by atoms with Crippen LogP contribution in [0.3, 0.4) is 0 Å². The lowest BCUT2D eigenvalue weighted by atomic mass is 9.79. The van der Waals surface area contributed by atoms with E-state index >= 15 is 0 Å². The molecule has 82 valence electrons. The molecule has 0 aliphatic heterocycles. The Morgan fingerprint density at radius 3 is 2.29 bits per heavy atom. The summed E-state index contributed by atoms with van der Waals surface area (Å²) in [5.41, 5.74) is 3.67. The fourth-order valence-electron chi connectivity index (χ4n) is 1.59. The van der Waals surface area contributed by atoms with Crippen LogP contribution < -0.4 is 5.73 Å². The van der Waals surface area contributed by atoms with E-state index < -0.39 is 17.3 Å². The van der Waals surface area contributed by atoms with Crippen molar-refractivity contribution in [3.63, 3.8) is 0 Å². The summed E-state index contributed by atoms with van der Waals surface area (Å²) >= 11 is 0. The summed E-state index contributed by atoms with van der Waals surface area (Å²) < 4.78 is 0. The zero-order valence-electron chi connectivity index (χ0n) is 9.04. The van der Waals surface area contributed by atoms with E-state index in [2.05, 4.69) is 0 Å². The second kappa shape index (κ2) is 4.98. The SMILES string of the molecule is CCCC(C)CC(C)(C(N)=O)C(=O)O. The number of carboxylic acid groups (broad SMARTS) is 1. The molecule has 0 saturated heterocycles. The highest BCUT2D eigenvalue weighted by Gasteiger charge is 2.40. The Balaban J connectivity index is 4.53. The minimum atomic E-state index is -1.42. The molecule has 4 heteroatoms. The molecule has 0 aliphatic carbocycles. The average molecular weight is 201 g/mol. The van der Waals surface area contributed by atoms with Gasteiger partial charge >= 0.3 is 5.97 Å². The summed E-state index contributed by atoms with van der Waals surface area (Å²) in [7, 11) is 0. The van der Waals surface area contributed by atoms with E-state index in [9.17, 15) is 9.59 Å². The first-order chi connectivity index (χ1) is 6.34. The predicted octanol–water partition coefficient (Wildman–Crippen LogP) is 1.39. The number of amides is 1. The van der Waals surface area contributed by atoms with Gasteiger partial charge in [0.1, 0.15) is 5.41 Å². The molecule has 0 aromatic rings. The molecular weight excluding hydrogens is 182 g/mol. The van der Waals surface area contributed by atoms with Crippen LogP contribution in [0.1, 0.15) is 40.0 Å². The van der Waals surface area contributed by atoms with Crippen LogP contribution in [0.25, 0.3) is 0 Å². The maximum Gasteiger partial charge on any atom is 0.318 e. The smallest absolute Gasteiger partial charge is 0.318 e. The first-order valence-corrected chi connectivity index (χ1v) is 4.88. The van der Waals surface area contributed by atoms with Crippen molar-refractivity contribution in [2.45, 2.75) is 40.0 Å². The van der Waals surface area contributed by atoms with Gasteiger partial charge in [-0.25, -0.2) is 0 Å². The Labute approximate surface area is 84.5 Å². The number of carboxylic acids is 1. The maximum atomic E-state index is 11.0. The lowest BCUT2D eigenvalue weighted by Crippen LogP contribution is -2.42. The molecule has 2 atom stereocenters. The lowest BCUT2D eigenvalue weighted by Gasteiger charge is -2.24. The van der Waals surface area contributed by atoms with Gasteiger partial charge in [-0.2, -0.15) is 0 Å². The van der Waals surface area contributed by atoms with Crippen molar-refractivity contribution in [3.8, 4) is 0 Å². The van der Waals surface area contributed by atoms with Crippen molar-refractivity contribution in [3.05, 3.63) is 0 Å². The van der Waals surface area contributed by atoms with E-state index in [1.807, 2.05) is 13.8 Å². The highest BCUT2D eigenvalue weighted by molar-refractivity contribution is 6.00. The van der Waals surface area contributed by atoms with Gasteiger partial charge in [-0.05, 0) is 19.3 Å². The summed E-state index contributed by atoms with van der Waals surface area (Å²) in [6.45, 7) is 5.36. The van der Waals surface area contributed by atoms with Gasteiger partial charge in [0.2, 0.25) is 5.91 Å². The molecule has 0 aromatic carbocycles. The Morgan fingerprint density at radius 2 is 2.00 bits per heavy atom. The summed E-state index contributed by atoms with van der Waals surface area (Å²) in [6.07, 6.45) is 2.21. The van der Waals surface area contributed by atoms with Gasteiger partial charge in [-0.3, -0.25) is 9.59 Å². The zero-order chi connectivity index (χ0) is 11.4. The second-order valence-corrected chi connectivity index (χ2v) is 4.10. The zero-order valence-corrected chi connectivity index (χ0v) is 9.04. The minimum absolute atomic E-state index is 0.202. The summed E-state index contributed by atoms with van der Waals surface area (Å²) in [5, 5.41) is 8.92. The van der Waals surface area contributed by atoms with Gasteiger partial charge in [0, 0.05) is 0 Å². The number of primary amides is 1. The molecular formula is C10H19NO3. The van der Waals surface area contributed by atoms with Crippen LogP contribution >= 0.6 is 0 Å². The predicted molar refractivity (Wildman–Crippen MR) is 53.6 cm³/mol. The summed E-state index contributed by atoms with van der Waals surface area (Å²) in [6, 6.07) is 0. The number of carbonyl (C=O) groups excluding carboxylic acids is 1. The molecule has 0 bridgehead atoms. The van der Waals surface area contributed by atoms with Crippen LogP contribution in [0.2, 0.25) is 0 Å². The van der Waals surface area contributed by atoms with Crippen LogP contribution in [-0.2, 0) is 9.59 Å². The topological polar surface area (TPSA) is 80.4 Å². The highest BCUT2D eigenvalue weighted by Crippen LogP contribution is 2.28. The van der Waals surface area contributed by atoms with E-state index in [-0.39, 0.29) is 5.92 Å². The van der Waals surface area contributed by atoms with Gasteiger partial charge in [0.05, 0.1) is 0 Å². The van der Waals surface area contributed by atoms with Crippen LogP contribution in [0.5, 0.6) is 0 Å². The van der Waals surface area contributed by atoms with Crippen LogP contribution in [0.15, 0.2) is 0 Å². The second-order valence-electron chi connectivity index (χ2n) is 4.10. The van der Waals surface area contributed by atoms with Crippen LogP contribution in [-0.4, -0.2) is 17.0 Å². The van der Waals surface area contributed by atoms with Gasteiger partial charge in [0.15, 0.2) is 0 Å².